The second-order valence-electron chi connectivity index (χ2n) is 5.29. The maximum Gasteiger partial charge on any atom is 0.225 e. The van der Waals surface area contributed by atoms with Gasteiger partial charge in [-0.3, -0.25) is 0 Å². The Morgan fingerprint density at radius 3 is 2.95 bits per heavy atom. The molecule has 2 aromatic rings. The van der Waals surface area contributed by atoms with E-state index in [9.17, 15) is 0 Å². The Kier molecular flexibility index (Phi) is 4.77. The summed E-state index contributed by atoms with van der Waals surface area (Å²) in [5, 5.41) is 4.87. The molecule has 0 amide bonds. The maximum absolute atomic E-state index is 4.41. The molecule has 6 heteroatoms. The minimum atomic E-state index is 0.495. The van der Waals surface area contributed by atoms with E-state index in [0.717, 1.165) is 32.0 Å². The Bertz CT molecular complexity index is 556. The number of aryl methyl sites for hydroxylation is 1. The van der Waals surface area contributed by atoms with Gasteiger partial charge < -0.3 is 10.2 Å². The van der Waals surface area contributed by atoms with Crippen molar-refractivity contribution in [1.29, 1.82) is 0 Å². The van der Waals surface area contributed by atoms with Crippen LogP contribution in [0.2, 0.25) is 0 Å². The van der Waals surface area contributed by atoms with Crippen LogP contribution >= 0.6 is 11.3 Å². The lowest BCUT2D eigenvalue weighted by molar-refractivity contribution is 0.419. The van der Waals surface area contributed by atoms with Crippen molar-refractivity contribution in [2.24, 2.45) is 0 Å². The van der Waals surface area contributed by atoms with Crippen LogP contribution in [0.1, 0.15) is 29.7 Å². The number of aromatic nitrogens is 3. The Morgan fingerprint density at radius 1 is 1.33 bits per heavy atom. The standard InChI is InChI=1S/C15H21N5S/c1-2-14-19-10-13(21-14)9-18-12-5-3-8-20(11-12)15-16-6-4-7-17-15/h4,6-7,10,12,18H,2-3,5,8-9,11H2,1H3. The molecular weight excluding hydrogens is 282 g/mol. The van der Waals surface area contributed by atoms with Crippen LogP contribution in [-0.2, 0) is 13.0 Å². The van der Waals surface area contributed by atoms with Crippen molar-refractivity contribution in [1.82, 2.24) is 20.3 Å². The van der Waals surface area contributed by atoms with Crippen LogP contribution in [-0.4, -0.2) is 34.1 Å². The molecule has 1 saturated heterocycles. The number of rotatable bonds is 5. The van der Waals surface area contributed by atoms with E-state index in [1.807, 2.05) is 24.7 Å². The highest BCUT2D eigenvalue weighted by atomic mass is 32.1. The van der Waals surface area contributed by atoms with E-state index in [0.29, 0.717) is 6.04 Å². The molecule has 0 bridgehead atoms. The van der Waals surface area contributed by atoms with Crippen LogP contribution in [0, 0.1) is 0 Å². The first-order valence-electron chi connectivity index (χ1n) is 7.54. The topological polar surface area (TPSA) is 53.9 Å². The van der Waals surface area contributed by atoms with E-state index in [2.05, 4.69) is 32.1 Å². The zero-order valence-corrected chi connectivity index (χ0v) is 13.1. The molecule has 5 nitrogen and oxygen atoms in total. The average molecular weight is 303 g/mol. The monoisotopic (exact) mass is 303 g/mol. The molecule has 0 aliphatic carbocycles. The number of anilines is 1. The van der Waals surface area contributed by atoms with Gasteiger partial charge in [-0.2, -0.15) is 0 Å². The van der Waals surface area contributed by atoms with E-state index in [1.54, 1.807) is 11.3 Å². The molecule has 1 N–H and O–H groups in total. The highest BCUT2D eigenvalue weighted by molar-refractivity contribution is 7.11. The molecule has 1 atom stereocenters. The predicted octanol–water partition coefficient (Wildman–Crippen LogP) is 2.25. The summed E-state index contributed by atoms with van der Waals surface area (Å²) in [5.41, 5.74) is 0. The first kappa shape index (κ1) is 14.4. The summed E-state index contributed by atoms with van der Waals surface area (Å²) in [4.78, 5) is 16.7. The van der Waals surface area contributed by atoms with Crippen LogP contribution < -0.4 is 10.2 Å². The lowest BCUT2D eigenvalue weighted by Crippen LogP contribution is -2.46. The second kappa shape index (κ2) is 6.95. The predicted molar refractivity (Wildman–Crippen MR) is 85.6 cm³/mol. The number of hydrogen-bond donors (Lipinski definition) is 1. The van der Waals surface area contributed by atoms with Crippen LogP contribution in [0.15, 0.2) is 24.7 Å². The fourth-order valence-electron chi connectivity index (χ4n) is 2.62. The molecule has 112 valence electrons. The zero-order valence-electron chi connectivity index (χ0n) is 12.3. The van der Waals surface area contributed by atoms with Gasteiger partial charge >= 0.3 is 0 Å². The van der Waals surface area contributed by atoms with Crippen LogP contribution in [0.4, 0.5) is 5.95 Å². The summed E-state index contributed by atoms with van der Waals surface area (Å²) >= 11 is 1.81. The molecule has 1 unspecified atom stereocenters. The molecule has 0 aromatic carbocycles. The van der Waals surface area contributed by atoms with Crippen molar-refractivity contribution >= 4 is 17.3 Å². The fraction of sp³-hybridized carbons (Fsp3) is 0.533. The van der Waals surface area contributed by atoms with Crippen molar-refractivity contribution in [2.75, 3.05) is 18.0 Å². The van der Waals surface area contributed by atoms with Crippen molar-refractivity contribution < 1.29 is 0 Å². The summed E-state index contributed by atoms with van der Waals surface area (Å²) in [6, 6.07) is 2.35. The third-order valence-corrected chi connectivity index (χ3v) is 4.87. The highest BCUT2D eigenvalue weighted by Crippen LogP contribution is 2.17. The van der Waals surface area contributed by atoms with Gasteiger partial charge in [-0.25, -0.2) is 15.0 Å². The van der Waals surface area contributed by atoms with Gasteiger partial charge in [-0.15, -0.1) is 11.3 Å². The van der Waals surface area contributed by atoms with E-state index < -0.39 is 0 Å². The quantitative estimate of drug-likeness (QED) is 0.918. The van der Waals surface area contributed by atoms with Gasteiger partial charge in [0.2, 0.25) is 5.95 Å². The highest BCUT2D eigenvalue weighted by Gasteiger charge is 2.21. The van der Waals surface area contributed by atoms with Gasteiger partial charge in [0.1, 0.15) is 0 Å². The molecule has 1 aliphatic heterocycles. The summed E-state index contributed by atoms with van der Waals surface area (Å²) in [5.74, 6) is 0.843. The van der Waals surface area contributed by atoms with Crippen molar-refractivity contribution in [3.8, 4) is 0 Å². The minimum Gasteiger partial charge on any atom is -0.339 e. The summed E-state index contributed by atoms with van der Waals surface area (Å²) in [6.07, 6.45) is 9.03. The van der Waals surface area contributed by atoms with Crippen molar-refractivity contribution in [3.05, 3.63) is 34.5 Å². The zero-order chi connectivity index (χ0) is 14.5. The van der Waals surface area contributed by atoms with Gasteiger partial charge in [0.05, 0.1) is 5.01 Å². The van der Waals surface area contributed by atoms with Crippen LogP contribution in [0.5, 0.6) is 0 Å². The molecule has 0 radical (unpaired) electrons. The van der Waals surface area contributed by atoms with Gasteiger partial charge in [0, 0.05) is 49.1 Å². The third-order valence-electron chi connectivity index (χ3n) is 3.73. The van der Waals surface area contributed by atoms with E-state index >= 15 is 0 Å². The molecule has 3 rings (SSSR count). The van der Waals surface area contributed by atoms with Crippen LogP contribution in [0.25, 0.3) is 0 Å². The summed E-state index contributed by atoms with van der Waals surface area (Å²) < 4.78 is 0. The number of piperidine rings is 1. The smallest absolute Gasteiger partial charge is 0.225 e. The van der Waals surface area contributed by atoms with E-state index in [1.165, 1.54) is 22.7 Å². The minimum absolute atomic E-state index is 0.495. The molecule has 21 heavy (non-hydrogen) atoms. The number of nitrogens with one attached hydrogen (secondary N) is 1. The first-order valence-corrected chi connectivity index (χ1v) is 8.35. The normalized spacial score (nSPS) is 18.9. The lowest BCUT2D eigenvalue weighted by atomic mass is 10.1. The van der Waals surface area contributed by atoms with Gasteiger partial charge in [0.25, 0.3) is 0 Å². The number of hydrogen-bond acceptors (Lipinski definition) is 6. The molecule has 2 aromatic heterocycles. The molecule has 3 heterocycles. The third kappa shape index (κ3) is 3.77. The molecule has 0 saturated carbocycles. The molecule has 1 fully saturated rings. The second-order valence-corrected chi connectivity index (χ2v) is 6.49. The Balaban J connectivity index is 1.54. The largest absolute Gasteiger partial charge is 0.339 e. The number of nitrogens with zero attached hydrogens (tertiary/aromatic N) is 4. The fourth-order valence-corrected chi connectivity index (χ4v) is 3.43. The van der Waals surface area contributed by atoms with Crippen LogP contribution in [0.3, 0.4) is 0 Å². The molecular formula is C15H21N5S. The van der Waals surface area contributed by atoms with E-state index in [4.69, 9.17) is 0 Å². The van der Waals surface area contributed by atoms with Gasteiger partial charge in [-0.05, 0) is 25.3 Å². The van der Waals surface area contributed by atoms with Crippen molar-refractivity contribution in [3.63, 3.8) is 0 Å². The van der Waals surface area contributed by atoms with Gasteiger partial charge in [0.15, 0.2) is 0 Å². The SMILES string of the molecule is CCc1ncc(CNC2CCCN(c3ncccn3)C2)s1. The van der Waals surface area contributed by atoms with E-state index in [-0.39, 0.29) is 0 Å². The summed E-state index contributed by atoms with van der Waals surface area (Å²) in [7, 11) is 0. The average Bonchev–Trinajstić information content (AvgIpc) is 3.02. The first-order chi connectivity index (χ1) is 10.3. The Morgan fingerprint density at radius 2 is 2.19 bits per heavy atom. The Labute approximate surface area is 129 Å². The van der Waals surface area contributed by atoms with Crippen molar-refractivity contribution in [2.45, 2.75) is 38.8 Å². The molecule has 1 aliphatic rings. The maximum atomic E-state index is 4.41. The summed E-state index contributed by atoms with van der Waals surface area (Å²) in [6.45, 7) is 5.08. The molecule has 0 spiro atoms. The lowest BCUT2D eigenvalue weighted by Gasteiger charge is -2.33. The Hall–Kier alpha value is -1.53. The number of thiazole rings is 1. The van der Waals surface area contributed by atoms with Gasteiger partial charge in [-0.1, -0.05) is 6.92 Å².